The average molecular weight is 354 g/mol. The summed E-state index contributed by atoms with van der Waals surface area (Å²) < 4.78 is 1.71. The first-order chi connectivity index (χ1) is 13.1. The maximum Gasteiger partial charge on any atom is 0.259 e. The second-order valence-corrected chi connectivity index (χ2v) is 7.15. The van der Waals surface area contributed by atoms with Gasteiger partial charge in [-0.2, -0.15) is 0 Å². The molecule has 132 valence electrons. The molecule has 0 saturated heterocycles. The van der Waals surface area contributed by atoms with E-state index in [2.05, 4.69) is 5.32 Å². The molecule has 1 atom stereocenters. The number of fused-ring (bicyclic) bond motifs is 3. The van der Waals surface area contributed by atoms with Crippen molar-refractivity contribution in [2.24, 2.45) is 0 Å². The largest absolute Gasteiger partial charge is 0.293 e. The van der Waals surface area contributed by atoms with Crippen molar-refractivity contribution in [2.45, 2.75) is 19.0 Å². The monoisotopic (exact) mass is 354 g/mol. The minimum absolute atomic E-state index is 0.177. The molecule has 0 amide bonds. The zero-order valence-electron chi connectivity index (χ0n) is 14.9. The van der Waals surface area contributed by atoms with E-state index in [0.717, 1.165) is 21.9 Å². The normalized spacial score (nSPS) is 19.1. The number of ketones is 1. The first-order valence-electron chi connectivity index (χ1n) is 9.02. The van der Waals surface area contributed by atoms with E-state index in [9.17, 15) is 9.59 Å². The van der Waals surface area contributed by atoms with Crippen molar-refractivity contribution < 1.29 is 9.59 Å². The number of Topliss-reactive ketones (excluding diaryl/α,β-unsaturated/α-hetero) is 1. The Balaban J connectivity index is 1.70. The second kappa shape index (κ2) is 5.63. The van der Waals surface area contributed by atoms with Crippen LogP contribution in [-0.2, 0) is 6.54 Å². The molecular weight excluding hydrogens is 336 g/mol. The van der Waals surface area contributed by atoms with E-state index in [1.165, 1.54) is 0 Å². The second-order valence-electron chi connectivity index (χ2n) is 7.15. The zero-order valence-corrected chi connectivity index (χ0v) is 14.9. The molecule has 0 saturated carbocycles. The number of carbonyl (C=O) groups excluding carboxylic acids is 2. The lowest BCUT2D eigenvalue weighted by Gasteiger charge is -2.32. The molecule has 0 aliphatic carbocycles. The van der Waals surface area contributed by atoms with E-state index < -0.39 is 5.54 Å². The number of aromatic nitrogens is 1. The van der Waals surface area contributed by atoms with E-state index in [0.29, 0.717) is 17.6 Å². The molecule has 5 rings (SSSR count). The number of para-hydroxylation sites is 2. The Morgan fingerprint density at radius 3 is 2.37 bits per heavy atom. The Morgan fingerprint density at radius 1 is 0.852 bits per heavy atom. The van der Waals surface area contributed by atoms with Crippen LogP contribution in [0.15, 0.2) is 72.8 Å². The highest BCUT2D eigenvalue weighted by molar-refractivity contribution is 6.31. The van der Waals surface area contributed by atoms with Gasteiger partial charge in [0.1, 0.15) is 0 Å². The molecule has 4 aromatic rings. The number of nitrogens with zero attached hydrogens (tertiary/aromatic N) is 1. The molecule has 0 bridgehead atoms. The molecule has 2 heterocycles. The highest BCUT2D eigenvalue weighted by atomic mass is 16.2. The van der Waals surface area contributed by atoms with Crippen LogP contribution in [0.25, 0.3) is 21.8 Å². The molecular formula is C23H18N2O2. The third-order valence-electron chi connectivity index (χ3n) is 5.51. The lowest BCUT2D eigenvalue weighted by molar-refractivity contribution is 0.0681. The number of rotatable bonds is 3. The molecule has 27 heavy (non-hydrogen) atoms. The first-order valence-corrected chi connectivity index (χ1v) is 9.02. The van der Waals surface area contributed by atoms with Gasteiger partial charge in [-0.3, -0.25) is 19.5 Å². The first kappa shape index (κ1) is 16.0. The third kappa shape index (κ3) is 2.14. The Labute approximate surface area is 156 Å². The highest BCUT2D eigenvalue weighted by Crippen LogP contribution is 2.37. The molecule has 0 fully saturated rings. The van der Waals surface area contributed by atoms with Gasteiger partial charge in [-0.15, -0.1) is 0 Å². The lowest BCUT2D eigenvalue weighted by atomic mass is 9.86. The molecule has 4 heteroatoms. The Kier molecular flexibility index (Phi) is 3.33. The van der Waals surface area contributed by atoms with E-state index in [1.807, 2.05) is 72.8 Å². The van der Waals surface area contributed by atoms with E-state index in [1.54, 1.807) is 11.5 Å². The fourth-order valence-corrected chi connectivity index (χ4v) is 4.03. The summed E-state index contributed by atoms with van der Waals surface area (Å²) in [6.45, 7) is 2.14. The van der Waals surface area contributed by atoms with Crippen molar-refractivity contribution in [3.05, 3.63) is 83.9 Å². The molecule has 3 aromatic carbocycles. The van der Waals surface area contributed by atoms with Crippen molar-refractivity contribution in [2.75, 3.05) is 0 Å². The van der Waals surface area contributed by atoms with Crippen LogP contribution in [0.5, 0.6) is 0 Å². The van der Waals surface area contributed by atoms with Crippen LogP contribution in [0, 0.1) is 0 Å². The average Bonchev–Trinajstić information content (AvgIpc) is 3.05. The summed E-state index contributed by atoms with van der Waals surface area (Å²) in [6, 6.07) is 23.3. The maximum atomic E-state index is 13.5. The Bertz CT molecular complexity index is 1220. The van der Waals surface area contributed by atoms with Crippen LogP contribution in [0.4, 0.5) is 0 Å². The number of hydrogen-bond acceptors (Lipinski definition) is 3. The zero-order chi connectivity index (χ0) is 18.6. The smallest absolute Gasteiger partial charge is 0.259 e. The van der Waals surface area contributed by atoms with Crippen molar-refractivity contribution in [1.29, 1.82) is 0 Å². The third-order valence-corrected chi connectivity index (χ3v) is 5.51. The van der Waals surface area contributed by atoms with Gasteiger partial charge in [-0.05, 0) is 24.6 Å². The van der Waals surface area contributed by atoms with E-state index in [-0.39, 0.29) is 11.7 Å². The van der Waals surface area contributed by atoms with Crippen molar-refractivity contribution in [3.8, 4) is 0 Å². The van der Waals surface area contributed by atoms with Crippen molar-refractivity contribution in [1.82, 2.24) is 9.88 Å². The summed E-state index contributed by atoms with van der Waals surface area (Å²) in [6.07, 6.45) is 0. The molecule has 1 N–H and O–H groups in total. The van der Waals surface area contributed by atoms with Gasteiger partial charge < -0.3 is 0 Å². The summed E-state index contributed by atoms with van der Waals surface area (Å²) in [5, 5.41) is 5.16. The number of nitrogens with one attached hydrogen (secondary N) is 1. The van der Waals surface area contributed by atoms with Gasteiger partial charge in [0.2, 0.25) is 0 Å². The minimum atomic E-state index is -1.31. The topological polar surface area (TPSA) is 51.1 Å². The van der Waals surface area contributed by atoms with Crippen LogP contribution >= 0.6 is 0 Å². The predicted molar refractivity (Wildman–Crippen MR) is 106 cm³/mol. The minimum Gasteiger partial charge on any atom is -0.293 e. The summed E-state index contributed by atoms with van der Waals surface area (Å²) in [7, 11) is 0. The van der Waals surface area contributed by atoms with Gasteiger partial charge in [0.05, 0.1) is 11.0 Å². The standard InChI is InChI=1S/C23H18N2O2/c1-23(24-14-15-8-3-2-4-9-15)21(26)18-12-7-11-17-16-10-5-6-13-19(16)25(20(17)18)22(23)27/h2-13,24H,14H2,1H3. The lowest BCUT2D eigenvalue weighted by Crippen LogP contribution is -2.59. The SMILES string of the molecule is CC1(NCc2ccccc2)C(=O)c2cccc3c4ccccc4n(c23)C1=O. The molecule has 0 spiro atoms. The van der Waals surface area contributed by atoms with Gasteiger partial charge >= 0.3 is 0 Å². The maximum absolute atomic E-state index is 13.5. The van der Waals surface area contributed by atoms with Gasteiger partial charge in [-0.1, -0.05) is 60.7 Å². The predicted octanol–water partition coefficient (Wildman–Crippen LogP) is 4.18. The fraction of sp³-hybridized carbons (Fsp3) is 0.130. The summed E-state index contributed by atoms with van der Waals surface area (Å²) >= 11 is 0. The van der Waals surface area contributed by atoms with Crippen LogP contribution in [0.2, 0.25) is 0 Å². The molecule has 1 aliphatic rings. The van der Waals surface area contributed by atoms with Crippen LogP contribution in [-0.4, -0.2) is 21.8 Å². The Morgan fingerprint density at radius 2 is 1.56 bits per heavy atom. The van der Waals surface area contributed by atoms with Crippen molar-refractivity contribution in [3.63, 3.8) is 0 Å². The molecule has 4 nitrogen and oxygen atoms in total. The van der Waals surface area contributed by atoms with Gasteiger partial charge in [0, 0.05) is 22.9 Å². The molecule has 1 aromatic heterocycles. The molecule has 1 unspecified atom stereocenters. The van der Waals surface area contributed by atoms with Gasteiger partial charge in [0.15, 0.2) is 11.3 Å². The summed E-state index contributed by atoms with van der Waals surface area (Å²) in [5.41, 5.74) is 1.86. The number of hydrogen-bond donors (Lipinski definition) is 1. The van der Waals surface area contributed by atoms with Crippen LogP contribution in [0.3, 0.4) is 0 Å². The molecule has 1 aliphatic heterocycles. The van der Waals surface area contributed by atoms with Crippen molar-refractivity contribution >= 4 is 33.5 Å². The Hall–Kier alpha value is -3.24. The quantitative estimate of drug-likeness (QED) is 0.562. The van der Waals surface area contributed by atoms with Gasteiger partial charge in [0.25, 0.3) is 5.91 Å². The van der Waals surface area contributed by atoms with Gasteiger partial charge in [-0.25, -0.2) is 0 Å². The number of carbonyl (C=O) groups is 2. The van der Waals surface area contributed by atoms with E-state index in [4.69, 9.17) is 0 Å². The number of benzene rings is 3. The van der Waals surface area contributed by atoms with Crippen LogP contribution in [0.1, 0.15) is 27.6 Å². The summed E-state index contributed by atoms with van der Waals surface area (Å²) in [4.78, 5) is 26.8. The molecule has 0 radical (unpaired) electrons. The fourth-order valence-electron chi connectivity index (χ4n) is 4.03. The van der Waals surface area contributed by atoms with E-state index >= 15 is 0 Å². The highest BCUT2D eigenvalue weighted by Gasteiger charge is 2.47. The van der Waals surface area contributed by atoms with Crippen LogP contribution < -0.4 is 5.32 Å². The summed E-state index contributed by atoms with van der Waals surface area (Å²) in [5.74, 6) is -0.405.